The summed E-state index contributed by atoms with van der Waals surface area (Å²) in [5, 5.41) is 3.54. The van der Waals surface area contributed by atoms with Crippen molar-refractivity contribution in [3.8, 4) is 11.5 Å². The standard InChI is InChI=1S/C22H30N2O3.2ClH/c1-2-26-21-10-6-9-20(17-23-11-12-24-13-15-25-16-14-24)22(21)27-18-19-7-4-3-5-8-19;;/h3-10,23H,2,11-18H2,1H3;2*1H/p-2. The fourth-order valence-corrected chi connectivity index (χ4v) is 3.15. The van der Waals surface area contributed by atoms with Crippen LogP contribution in [0, 0.1) is 0 Å². The van der Waals surface area contributed by atoms with E-state index in [4.69, 9.17) is 14.2 Å². The Hall–Kier alpha value is -1.50. The lowest BCUT2D eigenvalue weighted by molar-refractivity contribution is -0.001000. The summed E-state index contributed by atoms with van der Waals surface area (Å²) >= 11 is 0. The Morgan fingerprint density at radius 3 is 2.45 bits per heavy atom. The van der Waals surface area contributed by atoms with Gasteiger partial charge in [0, 0.05) is 38.3 Å². The molecule has 162 valence electrons. The van der Waals surface area contributed by atoms with Crippen molar-refractivity contribution in [2.75, 3.05) is 46.0 Å². The van der Waals surface area contributed by atoms with Crippen LogP contribution >= 0.6 is 0 Å². The first-order valence-electron chi connectivity index (χ1n) is 9.79. The van der Waals surface area contributed by atoms with E-state index in [1.165, 1.54) is 0 Å². The van der Waals surface area contributed by atoms with Gasteiger partial charge in [-0.25, -0.2) is 0 Å². The molecule has 0 bridgehead atoms. The highest BCUT2D eigenvalue weighted by Gasteiger charge is 2.12. The van der Waals surface area contributed by atoms with Crippen LogP contribution in [0.25, 0.3) is 0 Å². The first-order chi connectivity index (χ1) is 13.4. The van der Waals surface area contributed by atoms with Gasteiger partial charge < -0.3 is 44.3 Å². The van der Waals surface area contributed by atoms with Crippen LogP contribution in [0.5, 0.6) is 11.5 Å². The largest absolute Gasteiger partial charge is 1.00 e. The van der Waals surface area contributed by atoms with Crippen LogP contribution in [-0.2, 0) is 17.9 Å². The third-order valence-electron chi connectivity index (χ3n) is 4.61. The second-order valence-corrected chi connectivity index (χ2v) is 6.58. The van der Waals surface area contributed by atoms with Crippen molar-refractivity contribution in [3.05, 3.63) is 59.7 Å². The third kappa shape index (κ3) is 8.41. The first-order valence-corrected chi connectivity index (χ1v) is 9.79. The van der Waals surface area contributed by atoms with E-state index in [-0.39, 0.29) is 24.8 Å². The number of rotatable bonds is 10. The lowest BCUT2D eigenvalue weighted by Gasteiger charge is -2.26. The van der Waals surface area contributed by atoms with Crippen LogP contribution < -0.4 is 39.6 Å². The number of nitrogens with one attached hydrogen (secondary N) is 1. The number of hydrogen-bond acceptors (Lipinski definition) is 5. The van der Waals surface area contributed by atoms with Gasteiger partial charge in [-0.2, -0.15) is 0 Å². The van der Waals surface area contributed by atoms with Gasteiger partial charge in [-0.1, -0.05) is 42.5 Å². The molecule has 0 unspecified atom stereocenters. The lowest BCUT2D eigenvalue weighted by Crippen LogP contribution is -3.00. The summed E-state index contributed by atoms with van der Waals surface area (Å²) in [5.74, 6) is 1.64. The van der Waals surface area contributed by atoms with Crippen LogP contribution in [0.15, 0.2) is 48.5 Å². The summed E-state index contributed by atoms with van der Waals surface area (Å²) < 4.78 is 17.4. The van der Waals surface area contributed by atoms with Crippen molar-refractivity contribution in [2.24, 2.45) is 0 Å². The van der Waals surface area contributed by atoms with Crippen molar-refractivity contribution in [3.63, 3.8) is 0 Å². The van der Waals surface area contributed by atoms with Crippen molar-refractivity contribution >= 4 is 0 Å². The average Bonchev–Trinajstić information content (AvgIpc) is 2.72. The first kappa shape index (κ1) is 25.5. The normalized spacial score (nSPS) is 13.8. The van der Waals surface area contributed by atoms with Crippen LogP contribution in [-0.4, -0.2) is 50.9 Å². The molecule has 1 saturated heterocycles. The van der Waals surface area contributed by atoms with E-state index >= 15 is 0 Å². The molecule has 1 heterocycles. The zero-order valence-corrected chi connectivity index (χ0v) is 18.4. The molecule has 3 rings (SSSR count). The summed E-state index contributed by atoms with van der Waals surface area (Å²) in [5.41, 5.74) is 2.27. The van der Waals surface area contributed by atoms with Crippen molar-refractivity contribution in [1.29, 1.82) is 0 Å². The predicted octanol–water partition coefficient (Wildman–Crippen LogP) is -2.91. The molecular formula is C22H30Cl2N2O3-2. The molecule has 2 aromatic carbocycles. The molecule has 0 amide bonds. The molecule has 0 saturated carbocycles. The number of nitrogens with zero attached hydrogens (tertiary/aromatic N) is 1. The van der Waals surface area contributed by atoms with Crippen LogP contribution in [0.3, 0.4) is 0 Å². The van der Waals surface area contributed by atoms with Gasteiger partial charge >= 0.3 is 0 Å². The minimum atomic E-state index is 0. The van der Waals surface area contributed by atoms with E-state index < -0.39 is 0 Å². The molecule has 1 aliphatic heterocycles. The van der Waals surface area contributed by atoms with Gasteiger partial charge in [-0.15, -0.1) is 0 Å². The predicted molar refractivity (Wildman–Crippen MR) is 107 cm³/mol. The molecule has 0 aromatic heterocycles. The van der Waals surface area contributed by atoms with Crippen LogP contribution in [0.1, 0.15) is 18.1 Å². The molecule has 0 radical (unpaired) electrons. The number of halogens is 2. The Labute approximate surface area is 186 Å². The molecule has 2 aromatic rings. The SMILES string of the molecule is CCOc1cccc(CNCCN2CCOCC2)c1OCc1ccccc1.[Cl-].[Cl-]. The Morgan fingerprint density at radius 2 is 1.72 bits per heavy atom. The van der Waals surface area contributed by atoms with Crippen LogP contribution in [0.4, 0.5) is 0 Å². The Balaban J connectivity index is 0.00000210. The molecule has 5 nitrogen and oxygen atoms in total. The highest BCUT2D eigenvalue weighted by atomic mass is 35.5. The van der Waals surface area contributed by atoms with Gasteiger partial charge in [0.25, 0.3) is 0 Å². The molecule has 1 N–H and O–H groups in total. The van der Waals surface area contributed by atoms with Crippen molar-refractivity contribution in [2.45, 2.75) is 20.1 Å². The van der Waals surface area contributed by atoms with Gasteiger partial charge in [0.15, 0.2) is 11.5 Å². The maximum Gasteiger partial charge on any atom is 0.166 e. The number of ether oxygens (including phenoxy) is 3. The minimum absolute atomic E-state index is 0. The summed E-state index contributed by atoms with van der Waals surface area (Å²) in [7, 11) is 0. The van der Waals surface area contributed by atoms with Gasteiger partial charge in [0.2, 0.25) is 0 Å². The molecular weight excluding hydrogens is 411 g/mol. The molecule has 0 aliphatic carbocycles. The number of benzene rings is 2. The van der Waals surface area contributed by atoms with E-state index in [2.05, 4.69) is 28.4 Å². The topological polar surface area (TPSA) is 43.0 Å². The number of hydrogen-bond donors (Lipinski definition) is 1. The van der Waals surface area contributed by atoms with E-state index in [1.54, 1.807) is 0 Å². The summed E-state index contributed by atoms with van der Waals surface area (Å²) in [6.45, 7) is 9.61. The molecule has 1 fully saturated rings. The lowest BCUT2D eigenvalue weighted by atomic mass is 10.1. The fraction of sp³-hybridized carbons (Fsp3) is 0.455. The summed E-state index contributed by atoms with van der Waals surface area (Å²) in [6.07, 6.45) is 0. The highest BCUT2D eigenvalue weighted by molar-refractivity contribution is 5.46. The summed E-state index contributed by atoms with van der Waals surface area (Å²) in [4.78, 5) is 2.43. The second kappa shape index (κ2) is 14.5. The molecule has 29 heavy (non-hydrogen) atoms. The molecule has 7 heteroatoms. The Morgan fingerprint density at radius 1 is 0.966 bits per heavy atom. The van der Waals surface area contributed by atoms with Gasteiger partial charge in [-0.3, -0.25) is 4.90 Å². The second-order valence-electron chi connectivity index (χ2n) is 6.58. The third-order valence-corrected chi connectivity index (χ3v) is 4.61. The van der Waals surface area contributed by atoms with Gasteiger partial charge in [0.1, 0.15) is 6.61 Å². The maximum absolute atomic E-state index is 6.16. The van der Waals surface area contributed by atoms with Gasteiger partial charge in [0.05, 0.1) is 19.8 Å². The smallest absolute Gasteiger partial charge is 0.166 e. The van der Waals surface area contributed by atoms with E-state index in [9.17, 15) is 0 Å². The zero-order chi connectivity index (χ0) is 18.7. The van der Waals surface area contributed by atoms with E-state index in [1.807, 2.05) is 37.3 Å². The minimum Gasteiger partial charge on any atom is -1.00 e. The monoisotopic (exact) mass is 440 g/mol. The maximum atomic E-state index is 6.16. The summed E-state index contributed by atoms with van der Waals surface area (Å²) in [6, 6.07) is 16.3. The average molecular weight is 441 g/mol. The fourth-order valence-electron chi connectivity index (χ4n) is 3.15. The highest BCUT2D eigenvalue weighted by Crippen LogP contribution is 2.32. The molecule has 1 aliphatic rings. The number of morpholine rings is 1. The van der Waals surface area contributed by atoms with Crippen LogP contribution in [0.2, 0.25) is 0 Å². The molecule has 0 atom stereocenters. The van der Waals surface area contributed by atoms with Crippen molar-refractivity contribution < 1.29 is 39.0 Å². The van der Waals surface area contributed by atoms with E-state index in [0.29, 0.717) is 13.2 Å². The Bertz CT molecular complexity index is 683. The Kier molecular flexibility index (Phi) is 12.7. The number of para-hydroxylation sites is 1. The quantitative estimate of drug-likeness (QED) is 0.401. The molecule has 0 spiro atoms. The van der Waals surface area contributed by atoms with Crippen molar-refractivity contribution in [1.82, 2.24) is 10.2 Å². The zero-order valence-electron chi connectivity index (χ0n) is 16.9. The van der Waals surface area contributed by atoms with Gasteiger partial charge in [-0.05, 0) is 18.6 Å². The van der Waals surface area contributed by atoms with E-state index in [0.717, 1.165) is 68.6 Å².